The van der Waals surface area contributed by atoms with Gasteiger partial charge >= 0.3 is 0 Å². The number of carbonyl (C=O) groups excluding carboxylic acids is 2. The fraction of sp³-hybridized carbons (Fsp3) is 0.0909. The predicted molar refractivity (Wildman–Crippen MR) is 121 cm³/mol. The number of hydrogen-bond donors (Lipinski definition) is 3. The first-order valence-corrected chi connectivity index (χ1v) is 10.8. The highest BCUT2D eigenvalue weighted by molar-refractivity contribution is 8.01. The lowest BCUT2D eigenvalue weighted by Gasteiger charge is -2.21. The van der Waals surface area contributed by atoms with Crippen molar-refractivity contribution < 1.29 is 9.59 Å². The molecular weight excluding hydrogens is 402 g/mol. The van der Waals surface area contributed by atoms with E-state index >= 15 is 0 Å². The van der Waals surface area contributed by atoms with Crippen molar-refractivity contribution >= 4 is 52.6 Å². The number of fused-ring (bicyclic) bond motifs is 1. The number of carbonyl (C=O) groups is 2. The summed E-state index contributed by atoms with van der Waals surface area (Å²) in [6, 6.07) is 22.9. The lowest BCUT2D eigenvalue weighted by atomic mass is 10.1. The molecule has 0 aliphatic carbocycles. The zero-order valence-electron chi connectivity index (χ0n) is 15.6. The Morgan fingerprint density at radius 3 is 2.52 bits per heavy atom. The van der Waals surface area contributed by atoms with Gasteiger partial charge in [-0.3, -0.25) is 9.59 Å². The average molecular weight is 422 g/mol. The molecule has 0 saturated heterocycles. The van der Waals surface area contributed by atoms with Crippen molar-refractivity contribution in [2.24, 2.45) is 0 Å². The molecule has 0 bridgehead atoms. The summed E-state index contributed by atoms with van der Waals surface area (Å²) in [6.45, 7) is 1.86. The number of amides is 2. The Labute approximate surface area is 177 Å². The summed E-state index contributed by atoms with van der Waals surface area (Å²) < 4.78 is 3.28. The zero-order chi connectivity index (χ0) is 20.2. The van der Waals surface area contributed by atoms with Gasteiger partial charge in [0.1, 0.15) is 0 Å². The van der Waals surface area contributed by atoms with Gasteiger partial charge in [-0.1, -0.05) is 18.2 Å². The van der Waals surface area contributed by atoms with Crippen LogP contribution >= 0.6 is 23.7 Å². The number of hydrogen-bond acceptors (Lipinski definition) is 5. The quantitative estimate of drug-likeness (QED) is 0.475. The molecule has 0 spiro atoms. The van der Waals surface area contributed by atoms with Gasteiger partial charge in [-0.05, 0) is 73.5 Å². The number of thioether (sulfide) groups is 1. The van der Waals surface area contributed by atoms with E-state index in [1.165, 1.54) is 23.7 Å². The van der Waals surface area contributed by atoms with Crippen LogP contribution in [0.4, 0.5) is 17.1 Å². The maximum Gasteiger partial charge on any atom is 0.255 e. The standard InChI is InChI=1S/C22H19N3O2S2/c1-14-21(26)24-19-13-15(7-12-20(19)28-14)22(27)23-16-8-10-18(11-9-16)29-25-17-5-3-2-4-6-17/h2-14,25H,1H3,(H,23,27)(H,24,26). The zero-order valence-corrected chi connectivity index (χ0v) is 17.3. The first-order valence-electron chi connectivity index (χ1n) is 9.09. The Morgan fingerprint density at radius 2 is 1.76 bits per heavy atom. The summed E-state index contributed by atoms with van der Waals surface area (Å²) in [6.07, 6.45) is 0. The molecule has 0 radical (unpaired) electrons. The molecule has 3 aromatic rings. The van der Waals surface area contributed by atoms with Crippen molar-refractivity contribution in [2.45, 2.75) is 22.0 Å². The van der Waals surface area contributed by atoms with Crippen LogP contribution in [0.2, 0.25) is 0 Å². The predicted octanol–water partition coefficient (Wildman–Crippen LogP) is 5.49. The van der Waals surface area contributed by atoms with Gasteiger partial charge in [0.15, 0.2) is 0 Å². The number of para-hydroxylation sites is 1. The molecule has 0 saturated carbocycles. The molecule has 0 fully saturated rings. The number of anilines is 3. The van der Waals surface area contributed by atoms with E-state index in [-0.39, 0.29) is 17.1 Å². The number of nitrogens with one attached hydrogen (secondary N) is 3. The Kier molecular flexibility index (Phi) is 5.78. The van der Waals surface area contributed by atoms with Gasteiger partial charge in [-0.2, -0.15) is 0 Å². The number of benzene rings is 3. The minimum Gasteiger partial charge on any atom is -0.326 e. The Bertz CT molecular complexity index is 1040. The Balaban J connectivity index is 1.38. The molecule has 1 atom stereocenters. The van der Waals surface area contributed by atoms with E-state index in [9.17, 15) is 9.59 Å². The van der Waals surface area contributed by atoms with Crippen molar-refractivity contribution in [3.63, 3.8) is 0 Å². The first-order chi connectivity index (χ1) is 14.1. The highest BCUT2D eigenvalue weighted by Crippen LogP contribution is 2.36. The summed E-state index contributed by atoms with van der Waals surface area (Å²) >= 11 is 3.00. The minimum atomic E-state index is -0.214. The Morgan fingerprint density at radius 1 is 1.00 bits per heavy atom. The average Bonchev–Trinajstić information content (AvgIpc) is 2.74. The van der Waals surface area contributed by atoms with Gasteiger partial charge < -0.3 is 15.4 Å². The van der Waals surface area contributed by atoms with E-state index in [1.54, 1.807) is 12.1 Å². The summed E-state index contributed by atoms with van der Waals surface area (Å²) in [5.41, 5.74) is 2.93. The molecule has 3 N–H and O–H groups in total. The van der Waals surface area contributed by atoms with Gasteiger partial charge in [-0.15, -0.1) is 11.8 Å². The molecule has 4 rings (SSSR count). The Hall–Kier alpha value is -2.90. The monoisotopic (exact) mass is 421 g/mol. The second-order valence-electron chi connectivity index (χ2n) is 6.51. The van der Waals surface area contributed by atoms with Crippen LogP contribution in [0.15, 0.2) is 82.6 Å². The molecule has 0 aromatic heterocycles. The second-order valence-corrected chi connectivity index (χ2v) is 8.77. The largest absolute Gasteiger partial charge is 0.326 e. The van der Waals surface area contributed by atoms with Gasteiger partial charge in [-0.25, -0.2) is 0 Å². The van der Waals surface area contributed by atoms with E-state index in [1.807, 2.05) is 67.6 Å². The van der Waals surface area contributed by atoms with E-state index in [2.05, 4.69) is 15.4 Å². The third-order valence-corrected chi connectivity index (χ3v) is 6.37. The number of rotatable bonds is 5. The van der Waals surface area contributed by atoms with Gasteiger partial charge in [0.05, 0.1) is 10.9 Å². The highest BCUT2D eigenvalue weighted by atomic mass is 32.2. The SMILES string of the molecule is CC1Sc2ccc(C(=O)Nc3ccc(SNc4ccccc4)cc3)cc2NC1=O. The van der Waals surface area contributed by atoms with Crippen LogP contribution in [0, 0.1) is 0 Å². The van der Waals surface area contributed by atoms with Crippen LogP contribution in [0.25, 0.3) is 0 Å². The summed E-state index contributed by atoms with van der Waals surface area (Å²) in [5, 5.41) is 5.62. The molecule has 7 heteroatoms. The van der Waals surface area contributed by atoms with Crippen LogP contribution < -0.4 is 15.4 Å². The van der Waals surface area contributed by atoms with E-state index in [0.29, 0.717) is 16.9 Å². The minimum absolute atomic E-state index is 0.0442. The summed E-state index contributed by atoms with van der Waals surface area (Å²) in [7, 11) is 0. The van der Waals surface area contributed by atoms with Crippen LogP contribution in [0.3, 0.4) is 0 Å². The first kappa shape index (κ1) is 19.4. The third kappa shape index (κ3) is 4.75. The van der Waals surface area contributed by atoms with Gasteiger partial charge in [0.2, 0.25) is 5.91 Å². The summed E-state index contributed by atoms with van der Waals surface area (Å²) in [5.74, 6) is -0.259. The second kappa shape index (κ2) is 8.63. The van der Waals surface area contributed by atoms with Crippen molar-refractivity contribution in [3.05, 3.63) is 78.4 Å². The lowest BCUT2D eigenvalue weighted by Crippen LogP contribution is -2.26. The molecule has 1 unspecified atom stereocenters. The maximum atomic E-state index is 12.6. The van der Waals surface area contributed by atoms with Gasteiger partial charge in [0, 0.05) is 26.7 Å². The van der Waals surface area contributed by atoms with Crippen LogP contribution in [0.5, 0.6) is 0 Å². The molecule has 1 aliphatic heterocycles. The molecule has 146 valence electrons. The smallest absolute Gasteiger partial charge is 0.255 e. The normalized spacial score (nSPS) is 15.2. The maximum absolute atomic E-state index is 12.6. The van der Waals surface area contributed by atoms with Gasteiger partial charge in [0.25, 0.3) is 5.91 Å². The fourth-order valence-electron chi connectivity index (χ4n) is 2.78. The van der Waals surface area contributed by atoms with E-state index in [0.717, 1.165) is 15.5 Å². The van der Waals surface area contributed by atoms with Crippen LogP contribution in [-0.2, 0) is 4.79 Å². The molecule has 5 nitrogen and oxygen atoms in total. The van der Waals surface area contributed by atoms with E-state index < -0.39 is 0 Å². The molecule has 29 heavy (non-hydrogen) atoms. The molecule has 3 aromatic carbocycles. The topological polar surface area (TPSA) is 70.2 Å². The van der Waals surface area contributed by atoms with Crippen molar-refractivity contribution in [1.82, 2.24) is 0 Å². The fourth-order valence-corrected chi connectivity index (χ4v) is 4.36. The van der Waals surface area contributed by atoms with Crippen LogP contribution in [-0.4, -0.2) is 17.1 Å². The van der Waals surface area contributed by atoms with Crippen molar-refractivity contribution in [2.75, 3.05) is 15.4 Å². The van der Waals surface area contributed by atoms with Crippen LogP contribution in [0.1, 0.15) is 17.3 Å². The molecular formula is C22H19N3O2S2. The van der Waals surface area contributed by atoms with E-state index in [4.69, 9.17) is 0 Å². The third-order valence-electron chi connectivity index (χ3n) is 4.35. The molecule has 1 aliphatic rings. The van der Waals surface area contributed by atoms with Crippen molar-refractivity contribution in [1.29, 1.82) is 0 Å². The summed E-state index contributed by atoms with van der Waals surface area (Å²) in [4.78, 5) is 26.5. The molecule has 2 amide bonds. The lowest BCUT2D eigenvalue weighted by molar-refractivity contribution is -0.115. The molecule has 1 heterocycles. The highest BCUT2D eigenvalue weighted by Gasteiger charge is 2.23. The van der Waals surface area contributed by atoms with Crippen molar-refractivity contribution in [3.8, 4) is 0 Å².